The van der Waals surface area contributed by atoms with Crippen LogP contribution in [0, 0.1) is 12.7 Å². The first-order valence-corrected chi connectivity index (χ1v) is 4.77. The molecule has 0 bridgehead atoms. The van der Waals surface area contributed by atoms with Gasteiger partial charge in [0, 0.05) is 19.4 Å². The maximum absolute atomic E-state index is 13.5. The lowest BCUT2D eigenvalue weighted by Gasteiger charge is -1.99. The van der Waals surface area contributed by atoms with E-state index in [1.165, 1.54) is 12.3 Å². The molecular formula is C10H9ClFN3. The monoisotopic (exact) mass is 225 g/mol. The summed E-state index contributed by atoms with van der Waals surface area (Å²) in [6, 6.07) is 1.23. The molecular weight excluding hydrogens is 217 g/mol. The van der Waals surface area contributed by atoms with Gasteiger partial charge in [-0.05, 0) is 18.6 Å². The van der Waals surface area contributed by atoms with Crippen molar-refractivity contribution in [1.82, 2.24) is 14.8 Å². The fourth-order valence-corrected chi connectivity index (χ4v) is 1.57. The Morgan fingerprint density at radius 3 is 2.67 bits per heavy atom. The maximum Gasteiger partial charge on any atom is 0.152 e. The summed E-state index contributed by atoms with van der Waals surface area (Å²) >= 11 is 5.62. The Balaban J connectivity index is 2.59. The van der Waals surface area contributed by atoms with E-state index in [0.29, 0.717) is 5.69 Å². The Morgan fingerprint density at radius 2 is 2.13 bits per heavy atom. The van der Waals surface area contributed by atoms with Gasteiger partial charge in [0.15, 0.2) is 5.82 Å². The molecule has 3 nitrogen and oxygen atoms in total. The molecule has 0 aromatic carbocycles. The van der Waals surface area contributed by atoms with Crippen LogP contribution in [0.1, 0.15) is 5.56 Å². The molecule has 78 valence electrons. The fourth-order valence-electron chi connectivity index (χ4n) is 1.43. The third kappa shape index (κ3) is 1.85. The molecule has 0 radical (unpaired) electrons. The predicted molar refractivity (Wildman–Crippen MR) is 56.1 cm³/mol. The molecule has 0 atom stereocenters. The van der Waals surface area contributed by atoms with Crippen molar-refractivity contribution in [3.8, 4) is 11.4 Å². The summed E-state index contributed by atoms with van der Waals surface area (Å²) in [7, 11) is 1.78. The number of hydrogen-bond acceptors (Lipinski definition) is 2. The first-order valence-electron chi connectivity index (χ1n) is 4.39. The Bertz CT molecular complexity index is 507. The summed E-state index contributed by atoms with van der Waals surface area (Å²) in [6.45, 7) is 1.86. The van der Waals surface area contributed by atoms with Gasteiger partial charge < -0.3 is 0 Å². The molecule has 0 aliphatic heterocycles. The average molecular weight is 226 g/mol. The molecule has 2 rings (SSSR count). The Morgan fingerprint density at radius 1 is 1.40 bits per heavy atom. The third-order valence-electron chi connectivity index (χ3n) is 2.04. The van der Waals surface area contributed by atoms with Crippen molar-refractivity contribution in [3.63, 3.8) is 0 Å². The Kier molecular flexibility index (Phi) is 2.44. The van der Waals surface area contributed by atoms with Crippen molar-refractivity contribution in [2.75, 3.05) is 0 Å². The fraction of sp³-hybridized carbons (Fsp3) is 0.200. The zero-order valence-corrected chi connectivity index (χ0v) is 9.09. The van der Waals surface area contributed by atoms with Crippen LogP contribution in [-0.2, 0) is 7.05 Å². The molecule has 0 fully saturated rings. The quantitative estimate of drug-likeness (QED) is 0.747. The summed E-state index contributed by atoms with van der Waals surface area (Å²) in [4.78, 5) is 3.94. The Hall–Kier alpha value is -1.42. The van der Waals surface area contributed by atoms with Crippen LogP contribution in [0.15, 0.2) is 18.5 Å². The molecule has 0 N–H and O–H groups in total. The van der Waals surface area contributed by atoms with E-state index in [-0.39, 0.29) is 10.7 Å². The van der Waals surface area contributed by atoms with E-state index in [0.717, 1.165) is 5.56 Å². The van der Waals surface area contributed by atoms with Crippen LogP contribution in [-0.4, -0.2) is 14.8 Å². The summed E-state index contributed by atoms with van der Waals surface area (Å²) in [6.07, 6.45) is 3.22. The van der Waals surface area contributed by atoms with Gasteiger partial charge in [-0.3, -0.25) is 4.68 Å². The summed E-state index contributed by atoms with van der Waals surface area (Å²) < 4.78 is 15.2. The topological polar surface area (TPSA) is 30.7 Å². The number of aromatic nitrogens is 3. The highest BCUT2D eigenvalue weighted by Gasteiger charge is 2.13. The SMILES string of the molecule is Cc1cn(C)nc1-c1ncc(Cl)cc1F. The van der Waals surface area contributed by atoms with Crippen molar-refractivity contribution < 1.29 is 4.39 Å². The molecule has 5 heteroatoms. The number of hydrogen-bond donors (Lipinski definition) is 0. The molecule has 0 aliphatic carbocycles. The highest BCUT2D eigenvalue weighted by molar-refractivity contribution is 6.30. The van der Waals surface area contributed by atoms with Crippen LogP contribution in [0.3, 0.4) is 0 Å². The van der Waals surface area contributed by atoms with Gasteiger partial charge in [-0.25, -0.2) is 9.37 Å². The number of nitrogens with zero attached hydrogens (tertiary/aromatic N) is 3. The standard InChI is InChI=1S/C10H9ClFN3/c1-6-5-15(2)14-9(6)10-8(12)3-7(11)4-13-10/h3-5H,1-2H3. The first kappa shape index (κ1) is 10.1. The average Bonchev–Trinajstić information content (AvgIpc) is 2.45. The van der Waals surface area contributed by atoms with Crippen LogP contribution >= 0.6 is 11.6 Å². The highest BCUT2D eigenvalue weighted by Crippen LogP contribution is 2.23. The predicted octanol–water partition coefficient (Wildman–Crippen LogP) is 2.58. The largest absolute Gasteiger partial charge is 0.275 e. The summed E-state index contributed by atoms with van der Waals surface area (Å²) in [5.74, 6) is -0.454. The lowest BCUT2D eigenvalue weighted by atomic mass is 10.2. The molecule has 0 spiro atoms. The zero-order valence-electron chi connectivity index (χ0n) is 8.33. The Labute approximate surface area is 91.5 Å². The lowest BCUT2D eigenvalue weighted by Crippen LogP contribution is -1.93. The van der Waals surface area contributed by atoms with Crippen molar-refractivity contribution in [2.45, 2.75) is 6.92 Å². The smallest absolute Gasteiger partial charge is 0.152 e. The van der Waals surface area contributed by atoms with Crippen LogP contribution < -0.4 is 0 Å². The van der Waals surface area contributed by atoms with Gasteiger partial charge in [-0.1, -0.05) is 11.6 Å². The van der Waals surface area contributed by atoms with Gasteiger partial charge in [-0.2, -0.15) is 5.10 Å². The van der Waals surface area contributed by atoms with Gasteiger partial charge in [0.05, 0.1) is 5.02 Å². The van der Waals surface area contributed by atoms with Gasteiger partial charge in [-0.15, -0.1) is 0 Å². The van der Waals surface area contributed by atoms with E-state index in [9.17, 15) is 4.39 Å². The number of halogens is 2. The maximum atomic E-state index is 13.5. The molecule has 2 aromatic rings. The second-order valence-electron chi connectivity index (χ2n) is 3.32. The van der Waals surface area contributed by atoms with Crippen molar-refractivity contribution >= 4 is 11.6 Å². The number of rotatable bonds is 1. The second kappa shape index (κ2) is 3.62. The number of aryl methyl sites for hydroxylation is 2. The lowest BCUT2D eigenvalue weighted by molar-refractivity contribution is 0.624. The van der Waals surface area contributed by atoms with Crippen molar-refractivity contribution in [3.05, 3.63) is 34.9 Å². The molecule has 0 aliphatic rings. The van der Waals surface area contributed by atoms with E-state index >= 15 is 0 Å². The third-order valence-corrected chi connectivity index (χ3v) is 2.25. The summed E-state index contributed by atoms with van der Waals surface area (Å²) in [5.41, 5.74) is 1.66. The van der Waals surface area contributed by atoms with Gasteiger partial charge in [0.2, 0.25) is 0 Å². The van der Waals surface area contributed by atoms with E-state index < -0.39 is 5.82 Å². The van der Waals surface area contributed by atoms with Crippen LogP contribution in [0.5, 0.6) is 0 Å². The highest BCUT2D eigenvalue weighted by atomic mass is 35.5. The van der Waals surface area contributed by atoms with E-state index in [4.69, 9.17) is 11.6 Å². The van der Waals surface area contributed by atoms with Crippen molar-refractivity contribution in [1.29, 1.82) is 0 Å². The van der Waals surface area contributed by atoms with E-state index in [1.807, 2.05) is 13.1 Å². The van der Waals surface area contributed by atoms with E-state index in [2.05, 4.69) is 10.1 Å². The summed E-state index contributed by atoms with van der Waals surface area (Å²) in [5, 5.41) is 4.42. The van der Waals surface area contributed by atoms with Gasteiger partial charge in [0.25, 0.3) is 0 Å². The molecule has 0 saturated heterocycles. The van der Waals surface area contributed by atoms with E-state index in [1.54, 1.807) is 11.7 Å². The zero-order chi connectivity index (χ0) is 11.0. The molecule has 0 amide bonds. The van der Waals surface area contributed by atoms with Gasteiger partial charge in [0.1, 0.15) is 11.4 Å². The van der Waals surface area contributed by atoms with Crippen molar-refractivity contribution in [2.24, 2.45) is 7.05 Å². The van der Waals surface area contributed by atoms with Crippen LogP contribution in [0.25, 0.3) is 11.4 Å². The molecule has 0 saturated carbocycles. The minimum absolute atomic E-state index is 0.234. The minimum atomic E-state index is -0.454. The second-order valence-corrected chi connectivity index (χ2v) is 3.75. The normalized spacial score (nSPS) is 10.7. The molecule has 0 unspecified atom stereocenters. The first-order chi connectivity index (χ1) is 7.08. The van der Waals surface area contributed by atoms with Gasteiger partial charge >= 0.3 is 0 Å². The molecule has 2 aromatic heterocycles. The minimum Gasteiger partial charge on any atom is -0.275 e. The molecule has 15 heavy (non-hydrogen) atoms. The van der Waals surface area contributed by atoms with Crippen LogP contribution in [0.4, 0.5) is 4.39 Å². The molecule has 2 heterocycles. The van der Waals surface area contributed by atoms with Crippen LogP contribution in [0.2, 0.25) is 5.02 Å². The number of pyridine rings is 1.